The van der Waals surface area contributed by atoms with Crippen molar-refractivity contribution in [2.75, 3.05) is 0 Å². The van der Waals surface area contributed by atoms with Crippen molar-refractivity contribution in [2.24, 2.45) is 5.73 Å². The molecule has 0 saturated heterocycles. The first kappa shape index (κ1) is 16.7. The number of hydrogen-bond donors (Lipinski definition) is 2. The van der Waals surface area contributed by atoms with Gasteiger partial charge < -0.3 is 5.73 Å². The molecule has 4 aromatic rings. The van der Waals surface area contributed by atoms with Crippen molar-refractivity contribution in [3.05, 3.63) is 69.9 Å². The van der Waals surface area contributed by atoms with E-state index < -0.39 is 0 Å². The zero-order valence-electron chi connectivity index (χ0n) is 12.7. The number of hydrogen-bond acceptors (Lipinski definition) is 3. The van der Waals surface area contributed by atoms with Crippen LogP contribution in [0, 0.1) is 5.41 Å². The third-order valence-electron chi connectivity index (χ3n) is 3.79. The van der Waals surface area contributed by atoms with Gasteiger partial charge in [-0.3, -0.25) is 5.41 Å². The smallest absolute Gasteiger partial charge is 0.133 e. The summed E-state index contributed by atoms with van der Waals surface area (Å²) in [5.74, 6) is 0.129. The highest BCUT2D eigenvalue weighted by molar-refractivity contribution is 7.20. The van der Waals surface area contributed by atoms with Gasteiger partial charge in [0, 0.05) is 14.8 Å². The van der Waals surface area contributed by atoms with Crippen molar-refractivity contribution in [1.29, 1.82) is 5.41 Å². The number of thiophene rings is 2. The maximum atomic E-state index is 7.61. The van der Waals surface area contributed by atoms with Gasteiger partial charge in [-0.15, -0.1) is 35.1 Å². The fraction of sp³-hybridized carbons (Fsp3) is 0. The Morgan fingerprint density at radius 2 is 1.88 bits per heavy atom. The average molecular weight is 371 g/mol. The monoisotopic (exact) mass is 370 g/mol. The molecule has 0 amide bonds. The molecule has 0 aliphatic heterocycles. The Morgan fingerprint density at radius 1 is 1.00 bits per heavy atom. The molecule has 4 rings (SSSR count). The summed E-state index contributed by atoms with van der Waals surface area (Å²) in [7, 11) is 0. The highest BCUT2D eigenvalue weighted by Crippen LogP contribution is 2.29. The van der Waals surface area contributed by atoms with Crippen LogP contribution in [-0.4, -0.2) is 5.84 Å². The summed E-state index contributed by atoms with van der Waals surface area (Å²) >= 11 is 3.33. The van der Waals surface area contributed by atoms with Gasteiger partial charge in [0.05, 0.1) is 4.88 Å². The van der Waals surface area contributed by atoms with Crippen LogP contribution in [0.15, 0.2) is 53.9 Å². The highest BCUT2D eigenvalue weighted by Gasteiger charge is 2.06. The molecule has 0 saturated carbocycles. The van der Waals surface area contributed by atoms with Crippen LogP contribution in [0.4, 0.5) is 0 Å². The molecule has 0 radical (unpaired) electrons. The second kappa shape index (κ2) is 6.77. The Balaban J connectivity index is 0.00000169. The lowest BCUT2D eigenvalue weighted by atomic mass is 10.1. The number of nitrogens with two attached hydrogens (primary N) is 1. The quantitative estimate of drug-likeness (QED) is 0.259. The largest absolute Gasteiger partial charge is 0.383 e. The van der Waals surface area contributed by atoms with Gasteiger partial charge in [-0.1, -0.05) is 30.4 Å². The van der Waals surface area contributed by atoms with E-state index in [1.165, 1.54) is 15.6 Å². The van der Waals surface area contributed by atoms with Gasteiger partial charge in [-0.2, -0.15) is 0 Å². The zero-order valence-corrected chi connectivity index (χ0v) is 15.1. The van der Waals surface area contributed by atoms with E-state index in [4.69, 9.17) is 11.1 Å². The first-order chi connectivity index (χ1) is 11.2. The average Bonchev–Trinajstić information content (AvgIpc) is 3.18. The summed E-state index contributed by atoms with van der Waals surface area (Å²) in [6.45, 7) is 0. The van der Waals surface area contributed by atoms with Crippen molar-refractivity contribution in [2.45, 2.75) is 0 Å². The summed E-state index contributed by atoms with van der Waals surface area (Å²) in [6, 6.07) is 16.9. The van der Waals surface area contributed by atoms with Gasteiger partial charge in [0.2, 0.25) is 0 Å². The predicted molar refractivity (Wildman–Crippen MR) is 111 cm³/mol. The molecule has 2 nitrogen and oxygen atoms in total. The number of fused-ring (bicyclic) bond motifs is 2. The lowest BCUT2D eigenvalue weighted by molar-refractivity contribution is 1.46. The van der Waals surface area contributed by atoms with Crippen LogP contribution < -0.4 is 5.73 Å². The van der Waals surface area contributed by atoms with Crippen molar-refractivity contribution in [1.82, 2.24) is 0 Å². The first-order valence-electron chi connectivity index (χ1n) is 7.23. The Morgan fingerprint density at radius 3 is 2.71 bits per heavy atom. The van der Waals surface area contributed by atoms with Gasteiger partial charge in [0.25, 0.3) is 0 Å². The molecule has 0 aliphatic carbocycles. The number of nitrogen functional groups attached to an aromatic ring is 1. The fourth-order valence-electron chi connectivity index (χ4n) is 2.64. The topological polar surface area (TPSA) is 49.9 Å². The Bertz CT molecular complexity index is 1060. The molecular weight excluding hydrogens is 356 g/mol. The number of benzene rings is 2. The molecule has 0 unspecified atom stereocenters. The second-order valence-corrected chi connectivity index (χ2v) is 7.37. The summed E-state index contributed by atoms with van der Waals surface area (Å²) in [5, 5.41) is 12.2. The van der Waals surface area contributed by atoms with Crippen LogP contribution in [-0.2, 0) is 0 Å². The highest BCUT2D eigenvalue weighted by atomic mass is 35.5. The van der Waals surface area contributed by atoms with Crippen molar-refractivity contribution >= 4 is 73.2 Å². The molecule has 5 heteroatoms. The van der Waals surface area contributed by atoms with Gasteiger partial charge in [0.1, 0.15) is 5.84 Å². The molecule has 0 aliphatic rings. The molecule has 24 heavy (non-hydrogen) atoms. The van der Waals surface area contributed by atoms with Gasteiger partial charge in [0.15, 0.2) is 0 Å². The first-order valence-corrected chi connectivity index (χ1v) is 8.92. The number of halogens is 1. The zero-order chi connectivity index (χ0) is 15.8. The SMILES string of the molecule is Cl.N=C(N)c1cc2c(C=Cc3ccc4sccc4c3)cccc2s1. The molecule has 2 heterocycles. The second-order valence-electron chi connectivity index (χ2n) is 5.33. The summed E-state index contributed by atoms with van der Waals surface area (Å²) in [5.41, 5.74) is 7.95. The van der Waals surface area contributed by atoms with E-state index in [0.29, 0.717) is 0 Å². The minimum absolute atomic E-state index is 0. The third kappa shape index (κ3) is 3.08. The summed E-state index contributed by atoms with van der Waals surface area (Å²) in [4.78, 5) is 0.820. The van der Waals surface area contributed by atoms with Crippen LogP contribution >= 0.6 is 35.1 Å². The number of amidine groups is 1. The van der Waals surface area contributed by atoms with E-state index in [2.05, 4.69) is 53.9 Å². The minimum atomic E-state index is 0. The van der Waals surface area contributed by atoms with Crippen molar-refractivity contribution < 1.29 is 0 Å². The third-order valence-corrected chi connectivity index (χ3v) is 5.82. The standard InChI is InChI=1S/C19H14N2S2.ClH/c20-19(21)18-11-15-13(2-1-3-17(15)23-18)6-4-12-5-7-16-14(10-12)8-9-22-16;/h1-11H,(H3,20,21);1H. The Hall–Kier alpha value is -2.14. The molecule has 0 atom stereocenters. The van der Waals surface area contributed by atoms with E-state index in [1.807, 2.05) is 12.1 Å². The van der Waals surface area contributed by atoms with Crippen LogP contribution in [0.25, 0.3) is 32.3 Å². The van der Waals surface area contributed by atoms with Gasteiger partial charge >= 0.3 is 0 Å². The molecule has 120 valence electrons. The molecule has 0 fully saturated rings. The van der Waals surface area contributed by atoms with Crippen molar-refractivity contribution in [3.63, 3.8) is 0 Å². The molecule has 2 aromatic carbocycles. The summed E-state index contributed by atoms with van der Waals surface area (Å²) < 4.78 is 2.47. The molecule has 3 N–H and O–H groups in total. The van der Waals surface area contributed by atoms with Gasteiger partial charge in [-0.05, 0) is 52.2 Å². The maximum Gasteiger partial charge on any atom is 0.133 e. The van der Waals surface area contributed by atoms with E-state index in [-0.39, 0.29) is 18.2 Å². The molecular formula is C19H15ClN2S2. The lowest BCUT2D eigenvalue weighted by Crippen LogP contribution is -2.08. The van der Waals surface area contributed by atoms with Crippen molar-refractivity contribution in [3.8, 4) is 0 Å². The molecule has 0 bridgehead atoms. The molecule has 2 aromatic heterocycles. The van der Waals surface area contributed by atoms with E-state index in [1.54, 1.807) is 22.7 Å². The Kier molecular flexibility index (Phi) is 4.71. The van der Waals surface area contributed by atoms with Gasteiger partial charge in [-0.25, -0.2) is 0 Å². The van der Waals surface area contributed by atoms with E-state index >= 15 is 0 Å². The fourth-order valence-corrected chi connectivity index (χ4v) is 4.36. The summed E-state index contributed by atoms with van der Waals surface area (Å²) in [6.07, 6.45) is 4.27. The van der Waals surface area contributed by atoms with Crippen LogP contribution in [0.5, 0.6) is 0 Å². The van der Waals surface area contributed by atoms with Crippen LogP contribution in [0.3, 0.4) is 0 Å². The van der Waals surface area contributed by atoms with Crippen LogP contribution in [0.2, 0.25) is 0 Å². The number of nitrogens with one attached hydrogen (secondary N) is 1. The van der Waals surface area contributed by atoms with E-state index in [0.717, 1.165) is 20.5 Å². The minimum Gasteiger partial charge on any atom is -0.383 e. The predicted octanol–water partition coefficient (Wildman–Crippen LogP) is 5.99. The number of rotatable bonds is 3. The lowest BCUT2D eigenvalue weighted by Gasteiger charge is -1.98. The van der Waals surface area contributed by atoms with E-state index in [9.17, 15) is 0 Å². The van der Waals surface area contributed by atoms with Crippen LogP contribution in [0.1, 0.15) is 16.0 Å². The Labute approximate surface area is 154 Å². The maximum absolute atomic E-state index is 7.61. The normalized spacial score (nSPS) is 11.2. The molecule has 0 spiro atoms.